The summed E-state index contributed by atoms with van der Waals surface area (Å²) in [5.41, 5.74) is 2.28. The number of likely N-dealkylation sites (tertiary alicyclic amines) is 1. The molecule has 2 rings (SSSR count). The highest BCUT2D eigenvalue weighted by molar-refractivity contribution is 5.68. The van der Waals surface area contributed by atoms with E-state index in [9.17, 15) is 4.79 Å². The van der Waals surface area contributed by atoms with Crippen molar-refractivity contribution in [1.82, 2.24) is 4.90 Å². The number of hydrogen-bond donors (Lipinski definition) is 0. The third kappa shape index (κ3) is 4.27. The average Bonchev–Trinajstić information content (AvgIpc) is 2.44. The fraction of sp³-hybridized carbons (Fsp3) is 0.650. The minimum Gasteiger partial charge on any atom is -0.444 e. The van der Waals surface area contributed by atoms with E-state index >= 15 is 0 Å². The van der Waals surface area contributed by atoms with E-state index < -0.39 is 5.60 Å². The maximum Gasteiger partial charge on any atom is 0.410 e. The summed E-state index contributed by atoms with van der Waals surface area (Å²) in [7, 11) is 0. The summed E-state index contributed by atoms with van der Waals surface area (Å²) in [5.74, 6) is 0.992. The Labute approximate surface area is 141 Å². The first kappa shape index (κ1) is 17.8. The van der Waals surface area contributed by atoms with Crippen LogP contribution in [0.4, 0.5) is 4.79 Å². The number of rotatable bonds is 2. The molecule has 0 unspecified atom stereocenters. The molecule has 1 aromatic carbocycles. The van der Waals surface area contributed by atoms with Crippen LogP contribution in [-0.4, -0.2) is 29.2 Å². The van der Waals surface area contributed by atoms with Crippen molar-refractivity contribution >= 4 is 6.09 Å². The SMILES string of the molecule is CC[C@@H]1[C@@H](C)N(C(=O)OC(C)(C)C)CC[C@H]1c1cccc(C)c1. The zero-order valence-electron chi connectivity index (χ0n) is 15.4. The van der Waals surface area contributed by atoms with Crippen molar-refractivity contribution in [3.63, 3.8) is 0 Å². The Morgan fingerprint density at radius 2 is 2.04 bits per heavy atom. The van der Waals surface area contributed by atoms with E-state index in [1.54, 1.807) is 0 Å². The van der Waals surface area contributed by atoms with Gasteiger partial charge in [-0.25, -0.2) is 4.79 Å². The Kier molecular flexibility index (Phi) is 5.38. The minimum atomic E-state index is -0.439. The van der Waals surface area contributed by atoms with Crippen LogP contribution in [0.15, 0.2) is 24.3 Å². The van der Waals surface area contributed by atoms with E-state index in [4.69, 9.17) is 4.74 Å². The molecule has 1 aliphatic heterocycles. The molecule has 0 bridgehead atoms. The second-order valence-corrected chi connectivity index (χ2v) is 7.80. The van der Waals surface area contributed by atoms with Gasteiger partial charge >= 0.3 is 6.09 Å². The lowest BCUT2D eigenvalue weighted by Crippen LogP contribution is -2.50. The van der Waals surface area contributed by atoms with Gasteiger partial charge in [0, 0.05) is 12.6 Å². The normalized spacial score (nSPS) is 25.3. The highest BCUT2D eigenvalue weighted by Gasteiger charge is 2.38. The second-order valence-electron chi connectivity index (χ2n) is 7.80. The van der Waals surface area contributed by atoms with Gasteiger partial charge in [0.1, 0.15) is 5.60 Å². The lowest BCUT2D eigenvalue weighted by molar-refractivity contribution is -0.000827. The van der Waals surface area contributed by atoms with Gasteiger partial charge in [0.25, 0.3) is 0 Å². The summed E-state index contributed by atoms with van der Waals surface area (Å²) in [6, 6.07) is 9.01. The summed E-state index contributed by atoms with van der Waals surface area (Å²) in [5, 5.41) is 0. The number of carbonyl (C=O) groups is 1. The molecule has 1 saturated heterocycles. The number of amides is 1. The van der Waals surface area contributed by atoms with Gasteiger partial charge in [0.2, 0.25) is 0 Å². The molecule has 1 fully saturated rings. The molecule has 0 aromatic heterocycles. The lowest BCUT2D eigenvalue weighted by atomic mass is 9.75. The van der Waals surface area contributed by atoms with Crippen molar-refractivity contribution in [1.29, 1.82) is 0 Å². The standard InChI is InChI=1S/C20H31NO2/c1-7-17-15(3)21(19(22)23-20(4,5)6)12-11-18(17)16-10-8-9-14(2)13-16/h8-10,13,15,17-18H,7,11-12H2,1-6H3/t15-,17-,18+/m1/s1. The number of piperidine rings is 1. The number of carbonyl (C=O) groups excluding carboxylic acids is 1. The van der Waals surface area contributed by atoms with Crippen LogP contribution in [0.3, 0.4) is 0 Å². The van der Waals surface area contributed by atoms with Crippen LogP contribution in [0.5, 0.6) is 0 Å². The quantitative estimate of drug-likeness (QED) is 0.756. The molecule has 1 heterocycles. The number of ether oxygens (including phenoxy) is 1. The van der Waals surface area contributed by atoms with Crippen molar-refractivity contribution in [2.24, 2.45) is 5.92 Å². The van der Waals surface area contributed by atoms with E-state index in [1.165, 1.54) is 11.1 Å². The number of aryl methyl sites for hydroxylation is 1. The molecule has 3 heteroatoms. The first-order valence-corrected chi connectivity index (χ1v) is 8.79. The first-order chi connectivity index (χ1) is 10.7. The average molecular weight is 317 g/mol. The smallest absolute Gasteiger partial charge is 0.410 e. The molecule has 0 spiro atoms. The predicted molar refractivity (Wildman–Crippen MR) is 94.7 cm³/mol. The van der Waals surface area contributed by atoms with Crippen LogP contribution in [0.1, 0.15) is 64.5 Å². The van der Waals surface area contributed by atoms with E-state index in [1.807, 2.05) is 25.7 Å². The molecular formula is C20H31NO2. The number of benzene rings is 1. The second kappa shape index (κ2) is 6.94. The molecule has 0 radical (unpaired) electrons. The van der Waals surface area contributed by atoms with Gasteiger partial charge in [-0.05, 0) is 58.4 Å². The third-order valence-electron chi connectivity index (χ3n) is 4.88. The third-order valence-corrected chi connectivity index (χ3v) is 4.88. The summed E-state index contributed by atoms with van der Waals surface area (Å²) in [6.07, 6.45) is 1.90. The first-order valence-electron chi connectivity index (χ1n) is 8.79. The van der Waals surface area contributed by atoms with Crippen molar-refractivity contribution < 1.29 is 9.53 Å². The predicted octanol–water partition coefficient (Wildman–Crippen LogP) is 5.13. The Bertz CT molecular complexity index is 547. The van der Waals surface area contributed by atoms with Gasteiger partial charge < -0.3 is 9.64 Å². The molecule has 23 heavy (non-hydrogen) atoms. The highest BCUT2D eigenvalue weighted by atomic mass is 16.6. The van der Waals surface area contributed by atoms with Crippen LogP contribution < -0.4 is 0 Å². The summed E-state index contributed by atoms with van der Waals surface area (Å²) in [4.78, 5) is 14.4. The molecule has 0 saturated carbocycles. The van der Waals surface area contributed by atoms with Crippen LogP contribution in [0.25, 0.3) is 0 Å². The van der Waals surface area contributed by atoms with Crippen molar-refractivity contribution in [3.05, 3.63) is 35.4 Å². The lowest BCUT2D eigenvalue weighted by Gasteiger charge is -2.44. The van der Waals surface area contributed by atoms with E-state index in [0.29, 0.717) is 11.8 Å². The van der Waals surface area contributed by atoms with Gasteiger partial charge in [-0.2, -0.15) is 0 Å². The maximum atomic E-state index is 12.5. The summed E-state index contributed by atoms with van der Waals surface area (Å²) in [6.45, 7) is 13.1. The highest BCUT2D eigenvalue weighted by Crippen LogP contribution is 2.39. The van der Waals surface area contributed by atoms with E-state index in [2.05, 4.69) is 45.0 Å². The van der Waals surface area contributed by atoms with Crippen LogP contribution >= 0.6 is 0 Å². The molecular weight excluding hydrogens is 286 g/mol. The van der Waals surface area contributed by atoms with Gasteiger partial charge in [0.15, 0.2) is 0 Å². The fourth-order valence-corrected chi connectivity index (χ4v) is 3.78. The number of hydrogen-bond acceptors (Lipinski definition) is 2. The monoisotopic (exact) mass is 317 g/mol. The molecule has 1 aliphatic rings. The van der Waals surface area contributed by atoms with Crippen LogP contribution in [-0.2, 0) is 4.74 Å². The molecule has 128 valence electrons. The zero-order valence-corrected chi connectivity index (χ0v) is 15.4. The Hall–Kier alpha value is -1.51. The Morgan fingerprint density at radius 1 is 1.35 bits per heavy atom. The number of nitrogens with zero attached hydrogens (tertiary/aromatic N) is 1. The maximum absolute atomic E-state index is 12.5. The zero-order chi connectivity index (χ0) is 17.2. The molecule has 0 N–H and O–H groups in total. The van der Waals surface area contributed by atoms with E-state index in [0.717, 1.165) is 19.4 Å². The van der Waals surface area contributed by atoms with Crippen LogP contribution in [0.2, 0.25) is 0 Å². The fourth-order valence-electron chi connectivity index (χ4n) is 3.78. The van der Waals surface area contributed by atoms with Crippen molar-refractivity contribution in [3.8, 4) is 0 Å². The van der Waals surface area contributed by atoms with Crippen LogP contribution in [0, 0.1) is 12.8 Å². The molecule has 3 nitrogen and oxygen atoms in total. The Balaban J connectivity index is 2.17. The van der Waals surface area contributed by atoms with Gasteiger partial charge in [0.05, 0.1) is 0 Å². The van der Waals surface area contributed by atoms with Gasteiger partial charge in [-0.3, -0.25) is 0 Å². The van der Waals surface area contributed by atoms with Crippen molar-refractivity contribution in [2.45, 2.75) is 71.9 Å². The van der Waals surface area contributed by atoms with Gasteiger partial charge in [-0.1, -0.05) is 43.2 Å². The molecule has 1 amide bonds. The van der Waals surface area contributed by atoms with Crippen molar-refractivity contribution in [2.75, 3.05) is 6.54 Å². The molecule has 3 atom stereocenters. The minimum absolute atomic E-state index is 0.175. The topological polar surface area (TPSA) is 29.5 Å². The summed E-state index contributed by atoms with van der Waals surface area (Å²) < 4.78 is 5.59. The molecule has 0 aliphatic carbocycles. The van der Waals surface area contributed by atoms with E-state index in [-0.39, 0.29) is 12.1 Å². The van der Waals surface area contributed by atoms with Gasteiger partial charge in [-0.15, -0.1) is 0 Å². The summed E-state index contributed by atoms with van der Waals surface area (Å²) >= 11 is 0. The molecule has 1 aromatic rings. The Morgan fingerprint density at radius 3 is 2.61 bits per heavy atom. The largest absolute Gasteiger partial charge is 0.444 e.